The van der Waals surface area contributed by atoms with E-state index in [-0.39, 0.29) is 11.3 Å². The first kappa shape index (κ1) is 15.1. The van der Waals surface area contributed by atoms with E-state index >= 15 is 0 Å². The number of hydrogen-bond acceptors (Lipinski definition) is 6. The van der Waals surface area contributed by atoms with Gasteiger partial charge in [0.2, 0.25) is 5.95 Å². The highest BCUT2D eigenvalue weighted by Crippen LogP contribution is 2.21. The minimum absolute atomic E-state index is 0.240. The van der Waals surface area contributed by atoms with Crippen molar-refractivity contribution >= 4 is 11.9 Å². The minimum Gasteiger partial charge on any atom is -0.300 e. The van der Waals surface area contributed by atoms with Crippen LogP contribution in [0.2, 0.25) is 0 Å². The maximum absolute atomic E-state index is 12.3. The van der Waals surface area contributed by atoms with Gasteiger partial charge in [0.05, 0.1) is 0 Å². The maximum Gasteiger partial charge on any atom is 0.251 e. The van der Waals surface area contributed by atoms with Crippen LogP contribution < -0.4 is 5.32 Å². The number of carbonyl (C=O) groups excluding carboxylic acids is 1. The Bertz CT molecular complexity index is 623. The summed E-state index contributed by atoms with van der Waals surface area (Å²) >= 11 is 0. The van der Waals surface area contributed by atoms with Crippen molar-refractivity contribution in [2.75, 3.05) is 5.32 Å². The molecule has 21 heavy (non-hydrogen) atoms. The lowest BCUT2D eigenvalue weighted by Crippen LogP contribution is -2.30. The van der Waals surface area contributed by atoms with Gasteiger partial charge in [0.15, 0.2) is 5.82 Å². The van der Waals surface area contributed by atoms with Crippen LogP contribution in [0.3, 0.4) is 0 Å². The first-order valence-corrected chi connectivity index (χ1v) is 6.81. The van der Waals surface area contributed by atoms with Crippen molar-refractivity contribution in [3.8, 4) is 0 Å². The van der Waals surface area contributed by atoms with E-state index in [9.17, 15) is 4.79 Å². The molecule has 1 N–H and O–H groups in total. The molecule has 1 amide bonds. The van der Waals surface area contributed by atoms with E-state index in [0.29, 0.717) is 18.3 Å². The summed E-state index contributed by atoms with van der Waals surface area (Å²) in [4.78, 5) is 12.3. The Balaban J connectivity index is 2.19. The van der Waals surface area contributed by atoms with Gasteiger partial charge in [-0.1, -0.05) is 20.8 Å². The van der Waals surface area contributed by atoms with E-state index in [1.54, 1.807) is 17.8 Å². The van der Waals surface area contributed by atoms with Gasteiger partial charge >= 0.3 is 0 Å². The van der Waals surface area contributed by atoms with Gasteiger partial charge < -0.3 is 4.57 Å². The number of rotatable bonds is 4. The Hall–Kier alpha value is -2.32. The summed E-state index contributed by atoms with van der Waals surface area (Å²) in [6, 6.07) is -0.545. The van der Waals surface area contributed by atoms with Crippen molar-refractivity contribution in [3.05, 3.63) is 12.2 Å². The Morgan fingerprint density at radius 1 is 1.38 bits per heavy atom. The van der Waals surface area contributed by atoms with Crippen LogP contribution in [0.1, 0.15) is 46.5 Å². The number of carbonyl (C=O) groups is 1. The van der Waals surface area contributed by atoms with Crippen molar-refractivity contribution < 1.29 is 4.79 Å². The molecular formula is C12H20N8O. The molecule has 0 saturated heterocycles. The molecule has 0 spiro atoms. The van der Waals surface area contributed by atoms with Gasteiger partial charge in [0.25, 0.3) is 5.91 Å². The lowest BCUT2D eigenvalue weighted by Gasteiger charge is -2.20. The Labute approximate surface area is 122 Å². The average molecular weight is 292 g/mol. The maximum atomic E-state index is 12.3. The molecule has 0 aliphatic carbocycles. The molecule has 2 aromatic heterocycles. The fourth-order valence-corrected chi connectivity index (χ4v) is 1.86. The van der Waals surface area contributed by atoms with Crippen LogP contribution in [0, 0.1) is 0 Å². The Morgan fingerprint density at radius 3 is 2.71 bits per heavy atom. The summed E-state index contributed by atoms with van der Waals surface area (Å²) in [6.07, 6.45) is 1.57. The zero-order valence-corrected chi connectivity index (χ0v) is 12.9. The molecule has 2 aromatic rings. The summed E-state index contributed by atoms with van der Waals surface area (Å²) in [5.41, 5.74) is -0.249. The molecule has 1 atom stereocenters. The number of tetrazole rings is 1. The summed E-state index contributed by atoms with van der Waals surface area (Å²) < 4.78 is 3.27. The molecule has 0 aliphatic rings. The summed E-state index contributed by atoms with van der Waals surface area (Å²) in [7, 11) is 0. The van der Waals surface area contributed by atoms with E-state index in [0.717, 1.165) is 0 Å². The van der Waals surface area contributed by atoms with Crippen molar-refractivity contribution in [1.82, 2.24) is 35.0 Å². The third-order valence-electron chi connectivity index (χ3n) is 3.10. The van der Waals surface area contributed by atoms with Gasteiger partial charge in [-0.2, -0.15) is 0 Å². The van der Waals surface area contributed by atoms with Crippen LogP contribution in [0.15, 0.2) is 6.33 Å². The van der Waals surface area contributed by atoms with Crippen LogP contribution in [-0.4, -0.2) is 40.9 Å². The highest BCUT2D eigenvalue weighted by Gasteiger charge is 2.28. The van der Waals surface area contributed by atoms with Crippen LogP contribution in [0.25, 0.3) is 0 Å². The number of nitrogens with one attached hydrogen (secondary N) is 1. The second kappa shape index (κ2) is 5.58. The van der Waals surface area contributed by atoms with Crippen molar-refractivity contribution in [2.24, 2.45) is 0 Å². The van der Waals surface area contributed by atoms with E-state index < -0.39 is 6.04 Å². The van der Waals surface area contributed by atoms with Crippen molar-refractivity contribution in [3.63, 3.8) is 0 Å². The van der Waals surface area contributed by atoms with E-state index in [2.05, 4.69) is 31.0 Å². The fourth-order valence-electron chi connectivity index (χ4n) is 1.86. The predicted octanol–water partition coefficient (Wildman–Crippen LogP) is 0.782. The summed E-state index contributed by atoms with van der Waals surface area (Å²) in [5.74, 6) is 0.831. The number of hydrogen-bond donors (Lipinski definition) is 1. The number of amides is 1. The van der Waals surface area contributed by atoms with Crippen LogP contribution in [0.5, 0.6) is 0 Å². The highest BCUT2D eigenvalue weighted by atomic mass is 16.2. The zero-order chi connectivity index (χ0) is 15.6. The van der Waals surface area contributed by atoms with Gasteiger partial charge in [0.1, 0.15) is 12.4 Å². The smallest absolute Gasteiger partial charge is 0.251 e. The monoisotopic (exact) mass is 292 g/mol. The lowest BCUT2D eigenvalue weighted by molar-refractivity contribution is -0.119. The second-order valence-corrected chi connectivity index (χ2v) is 5.80. The SMILES string of the molecule is CCn1cnnc1NC(=O)C(C)n1nnnc1C(C)(C)C. The van der Waals surface area contributed by atoms with E-state index in [4.69, 9.17) is 0 Å². The molecule has 9 nitrogen and oxygen atoms in total. The molecular weight excluding hydrogens is 272 g/mol. The third kappa shape index (κ3) is 3.06. The molecule has 2 heterocycles. The van der Waals surface area contributed by atoms with Gasteiger partial charge in [-0.15, -0.1) is 15.3 Å². The van der Waals surface area contributed by atoms with E-state index in [1.165, 1.54) is 4.68 Å². The van der Waals surface area contributed by atoms with Crippen molar-refractivity contribution in [1.29, 1.82) is 0 Å². The van der Waals surface area contributed by atoms with Crippen LogP contribution in [-0.2, 0) is 16.8 Å². The molecule has 0 aliphatic heterocycles. The number of nitrogens with zero attached hydrogens (tertiary/aromatic N) is 7. The van der Waals surface area contributed by atoms with E-state index in [1.807, 2.05) is 27.7 Å². The third-order valence-corrected chi connectivity index (χ3v) is 3.10. The van der Waals surface area contributed by atoms with Gasteiger partial charge in [0, 0.05) is 12.0 Å². The average Bonchev–Trinajstić information content (AvgIpc) is 3.05. The van der Waals surface area contributed by atoms with Gasteiger partial charge in [-0.05, 0) is 24.3 Å². The largest absolute Gasteiger partial charge is 0.300 e. The lowest BCUT2D eigenvalue weighted by atomic mass is 9.95. The van der Waals surface area contributed by atoms with Crippen molar-refractivity contribution in [2.45, 2.75) is 52.6 Å². The molecule has 0 aromatic carbocycles. The molecule has 114 valence electrons. The highest BCUT2D eigenvalue weighted by molar-refractivity contribution is 5.91. The molecule has 9 heteroatoms. The van der Waals surface area contributed by atoms with Crippen LogP contribution in [0.4, 0.5) is 5.95 Å². The second-order valence-electron chi connectivity index (χ2n) is 5.80. The number of anilines is 1. The Morgan fingerprint density at radius 2 is 2.10 bits per heavy atom. The first-order valence-electron chi connectivity index (χ1n) is 6.81. The van der Waals surface area contributed by atoms with Gasteiger partial charge in [-0.25, -0.2) is 4.68 Å². The molecule has 0 saturated carbocycles. The minimum atomic E-state index is -0.545. The zero-order valence-electron chi connectivity index (χ0n) is 12.9. The molecule has 0 fully saturated rings. The van der Waals surface area contributed by atoms with Gasteiger partial charge in [-0.3, -0.25) is 10.1 Å². The van der Waals surface area contributed by atoms with Crippen LogP contribution >= 0.6 is 0 Å². The standard InChI is InChI=1S/C12H20N8O/c1-6-19-7-13-16-11(19)14-9(21)8(2)20-10(12(3,4)5)15-17-18-20/h7-8H,6H2,1-5H3,(H,14,16,21). The molecule has 0 bridgehead atoms. The quantitative estimate of drug-likeness (QED) is 0.893. The molecule has 1 unspecified atom stereocenters. The molecule has 0 radical (unpaired) electrons. The first-order chi connectivity index (χ1) is 9.84. The summed E-state index contributed by atoms with van der Waals surface area (Å²) in [5, 5.41) is 22.0. The fraction of sp³-hybridized carbons (Fsp3) is 0.667. The number of aromatic nitrogens is 7. The predicted molar refractivity (Wildman–Crippen MR) is 75.6 cm³/mol. The molecule has 2 rings (SSSR count). The Kier molecular flexibility index (Phi) is 4.01. The topological polar surface area (TPSA) is 103 Å². The normalized spacial score (nSPS) is 13.2. The summed E-state index contributed by atoms with van der Waals surface area (Å²) in [6.45, 7) is 10.3. The number of aryl methyl sites for hydroxylation is 1.